The molecule has 0 saturated heterocycles. The van der Waals surface area contributed by atoms with Gasteiger partial charge in [-0.1, -0.05) is 60.5 Å². The zero-order valence-corrected chi connectivity index (χ0v) is 18.8. The van der Waals surface area contributed by atoms with Gasteiger partial charge in [0, 0.05) is 23.5 Å². The standard InChI is InChI=1S/C24H23Cl2N3O2/c1-3-22(30)27-19-12-7-13-20(15(19)2)28-23(31)14-16-8-4-5-11-21(16)29-24-17(25)9-6-10-18(24)26/h4-13,29H,3,14H2,1-2H3,(H,27,30)(H,28,31). The molecule has 0 saturated carbocycles. The van der Waals surface area contributed by atoms with Gasteiger partial charge in [0.05, 0.1) is 22.2 Å². The summed E-state index contributed by atoms with van der Waals surface area (Å²) >= 11 is 12.5. The van der Waals surface area contributed by atoms with E-state index in [4.69, 9.17) is 23.2 Å². The summed E-state index contributed by atoms with van der Waals surface area (Å²) in [7, 11) is 0. The molecule has 7 heteroatoms. The van der Waals surface area contributed by atoms with Gasteiger partial charge >= 0.3 is 0 Å². The first-order chi connectivity index (χ1) is 14.9. The minimum atomic E-state index is -0.179. The number of hydrogen-bond donors (Lipinski definition) is 3. The predicted octanol–water partition coefficient (Wildman–Crippen LogP) is 6.58. The van der Waals surface area contributed by atoms with Gasteiger partial charge in [0.2, 0.25) is 11.8 Å². The quantitative estimate of drug-likeness (QED) is 0.376. The molecule has 0 heterocycles. The summed E-state index contributed by atoms with van der Waals surface area (Å²) in [6, 6.07) is 18.2. The summed E-state index contributed by atoms with van der Waals surface area (Å²) in [5.74, 6) is -0.258. The minimum Gasteiger partial charge on any atom is -0.353 e. The van der Waals surface area contributed by atoms with Crippen LogP contribution >= 0.6 is 23.2 Å². The SMILES string of the molecule is CCC(=O)Nc1cccc(NC(=O)Cc2ccccc2Nc2c(Cl)cccc2Cl)c1C. The summed E-state index contributed by atoms with van der Waals surface area (Å²) < 4.78 is 0. The highest BCUT2D eigenvalue weighted by molar-refractivity contribution is 6.39. The van der Waals surface area contributed by atoms with Gasteiger partial charge in [0.1, 0.15) is 0 Å². The molecule has 0 aromatic heterocycles. The fourth-order valence-corrected chi connectivity index (χ4v) is 3.55. The summed E-state index contributed by atoms with van der Waals surface area (Å²) in [4.78, 5) is 24.5. The van der Waals surface area contributed by atoms with Crippen LogP contribution in [0.15, 0.2) is 60.7 Å². The minimum absolute atomic E-state index is 0.0789. The molecule has 2 amide bonds. The molecule has 0 aliphatic carbocycles. The second-order valence-corrected chi connectivity index (χ2v) is 7.80. The molecule has 0 fully saturated rings. The summed E-state index contributed by atoms with van der Waals surface area (Å²) in [5.41, 5.74) is 4.26. The average molecular weight is 456 g/mol. The fourth-order valence-electron chi connectivity index (χ4n) is 3.06. The van der Waals surface area contributed by atoms with Crippen LogP contribution in [0.3, 0.4) is 0 Å². The highest BCUT2D eigenvalue weighted by atomic mass is 35.5. The van der Waals surface area contributed by atoms with Crippen LogP contribution in [0.25, 0.3) is 0 Å². The van der Waals surface area contributed by atoms with E-state index in [1.54, 1.807) is 31.2 Å². The molecular weight excluding hydrogens is 433 g/mol. The molecule has 0 unspecified atom stereocenters. The summed E-state index contributed by atoms with van der Waals surface area (Å²) in [6.07, 6.45) is 0.533. The Labute approximate surface area is 191 Å². The van der Waals surface area contributed by atoms with Crippen molar-refractivity contribution < 1.29 is 9.59 Å². The third kappa shape index (κ3) is 5.78. The van der Waals surface area contributed by atoms with Gasteiger partial charge in [-0.05, 0) is 48.4 Å². The summed E-state index contributed by atoms with van der Waals surface area (Å²) in [5, 5.41) is 10.0. The number of para-hydroxylation sites is 2. The van der Waals surface area contributed by atoms with Crippen LogP contribution < -0.4 is 16.0 Å². The van der Waals surface area contributed by atoms with E-state index in [9.17, 15) is 9.59 Å². The normalized spacial score (nSPS) is 10.5. The molecule has 3 N–H and O–H groups in total. The van der Waals surface area contributed by atoms with Crippen molar-refractivity contribution in [2.75, 3.05) is 16.0 Å². The Morgan fingerprint density at radius 1 is 0.774 bits per heavy atom. The number of amides is 2. The second-order valence-electron chi connectivity index (χ2n) is 6.98. The van der Waals surface area contributed by atoms with E-state index in [1.165, 1.54) is 0 Å². The Balaban J connectivity index is 1.76. The number of nitrogens with one attached hydrogen (secondary N) is 3. The number of halogens is 2. The average Bonchev–Trinajstić information content (AvgIpc) is 2.74. The van der Waals surface area contributed by atoms with Crippen LogP contribution in [0, 0.1) is 6.92 Å². The maximum Gasteiger partial charge on any atom is 0.228 e. The van der Waals surface area contributed by atoms with Gasteiger partial charge in [-0.25, -0.2) is 0 Å². The largest absolute Gasteiger partial charge is 0.353 e. The van der Waals surface area contributed by atoms with Crippen molar-refractivity contribution in [3.8, 4) is 0 Å². The van der Waals surface area contributed by atoms with Crippen molar-refractivity contribution in [2.45, 2.75) is 26.7 Å². The molecule has 31 heavy (non-hydrogen) atoms. The van der Waals surface area contributed by atoms with Crippen LogP contribution in [-0.2, 0) is 16.0 Å². The number of carbonyl (C=O) groups excluding carboxylic acids is 2. The lowest BCUT2D eigenvalue weighted by Gasteiger charge is -2.16. The predicted molar refractivity (Wildman–Crippen MR) is 129 cm³/mol. The number of hydrogen-bond acceptors (Lipinski definition) is 3. The van der Waals surface area contributed by atoms with Gasteiger partial charge in [-0.2, -0.15) is 0 Å². The van der Waals surface area contributed by atoms with Gasteiger partial charge in [-0.15, -0.1) is 0 Å². The monoisotopic (exact) mass is 455 g/mol. The Morgan fingerprint density at radius 3 is 1.97 bits per heavy atom. The van der Waals surface area contributed by atoms with Crippen LogP contribution in [0.2, 0.25) is 10.0 Å². The second kappa shape index (κ2) is 10.3. The molecular formula is C24H23Cl2N3O2. The van der Waals surface area contributed by atoms with Gasteiger partial charge in [0.25, 0.3) is 0 Å². The highest BCUT2D eigenvalue weighted by Crippen LogP contribution is 2.33. The number of benzene rings is 3. The van der Waals surface area contributed by atoms with Gasteiger partial charge < -0.3 is 16.0 Å². The molecule has 0 bridgehead atoms. The summed E-state index contributed by atoms with van der Waals surface area (Å²) in [6.45, 7) is 3.65. The molecule has 0 aliphatic heterocycles. The molecule has 0 aliphatic rings. The lowest BCUT2D eigenvalue weighted by atomic mass is 10.1. The van der Waals surface area contributed by atoms with Crippen molar-refractivity contribution in [1.82, 2.24) is 0 Å². The van der Waals surface area contributed by atoms with Gasteiger partial charge in [-0.3, -0.25) is 9.59 Å². The smallest absolute Gasteiger partial charge is 0.228 e. The Bertz CT molecular complexity index is 1100. The van der Waals surface area contributed by atoms with Crippen LogP contribution in [0.4, 0.5) is 22.7 Å². The highest BCUT2D eigenvalue weighted by Gasteiger charge is 2.13. The van der Waals surface area contributed by atoms with Crippen molar-refractivity contribution in [3.05, 3.63) is 81.8 Å². The van der Waals surface area contributed by atoms with Gasteiger partial charge in [0.15, 0.2) is 0 Å². The van der Waals surface area contributed by atoms with Crippen molar-refractivity contribution >= 4 is 57.8 Å². The van der Waals surface area contributed by atoms with Crippen LogP contribution in [-0.4, -0.2) is 11.8 Å². The molecule has 3 aromatic rings. The topological polar surface area (TPSA) is 70.2 Å². The molecule has 0 atom stereocenters. The molecule has 0 spiro atoms. The molecule has 0 radical (unpaired) electrons. The molecule has 5 nitrogen and oxygen atoms in total. The van der Waals surface area contributed by atoms with E-state index in [0.29, 0.717) is 33.5 Å². The number of anilines is 4. The van der Waals surface area contributed by atoms with E-state index < -0.39 is 0 Å². The van der Waals surface area contributed by atoms with E-state index in [2.05, 4.69) is 16.0 Å². The van der Waals surface area contributed by atoms with E-state index in [0.717, 1.165) is 16.8 Å². The van der Waals surface area contributed by atoms with Crippen molar-refractivity contribution in [2.24, 2.45) is 0 Å². The molecule has 160 valence electrons. The van der Waals surface area contributed by atoms with Crippen LogP contribution in [0.5, 0.6) is 0 Å². The maximum atomic E-state index is 12.8. The lowest BCUT2D eigenvalue weighted by molar-refractivity contribution is -0.116. The first-order valence-electron chi connectivity index (χ1n) is 9.87. The number of carbonyl (C=O) groups is 2. The molecule has 3 rings (SSSR count). The maximum absolute atomic E-state index is 12.8. The first kappa shape index (κ1) is 22.7. The van der Waals surface area contributed by atoms with Crippen molar-refractivity contribution in [3.63, 3.8) is 0 Å². The molecule has 3 aromatic carbocycles. The van der Waals surface area contributed by atoms with E-state index >= 15 is 0 Å². The van der Waals surface area contributed by atoms with Crippen LogP contribution in [0.1, 0.15) is 24.5 Å². The first-order valence-corrected chi connectivity index (χ1v) is 10.6. The number of rotatable bonds is 7. The Hall–Kier alpha value is -3.02. The third-order valence-electron chi connectivity index (χ3n) is 4.79. The lowest BCUT2D eigenvalue weighted by Crippen LogP contribution is -2.17. The Morgan fingerprint density at radius 2 is 1.32 bits per heavy atom. The fraction of sp³-hybridized carbons (Fsp3) is 0.167. The zero-order chi connectivity index (χ0) is 22.4. The third-order valence-corrected chi connectivity index (χ3v) is 5.42. The zero-order valence-electron chi connectivity index (χ0n) is 17.3. The Kier molecular flexibility index (Phi) is 7.55. The van der Waals surface area contributed by atoms with E-state index in [-0.39, 0.29) is 18.2 Å². The van der Waals surface area contributed by atoms with Crippen molar-refractivity contribution in [1.29, 1.82) is 0 Å². The van der Waals surface area contributed by atoms with E-state index in [1.807, 2.05) is 43.3 Å².